The molecule has 0 fully saturated rings. The zero-order valence-electron chi connectivity index (χ0n) is 21.7. The van der Waals surface area contributed by atoms with Crippen LogP contribution < -0.4 is 0 Å². The second-order valence-corrected chi connectivity index (χ2v) is 9.36. The zero-order valence-corrected chi connectivity index (χ0v) is 21.7. The molecular formula is C28H57NO2. The molecule has 3 heteroatoms. The average Bonchev–Trinajstić information content (AvgIpc) is 2.78. The normalized spacial score (nSPS) is 11.4. The maximum absolute atomic E-state index is 11.7. The van der Waals surface area contributed by atoms with Gasteiger partial charge in [-0.15, -0.1) is 0 Å². The SMILES string of the molecule is CCCCCCCCCCCCCCCCCCCCCC(=O)OCCN(CC)CC. The number of likely N-dealkylation sites (N-methyl/N-ethyl adjacent to an activating group) is 1. The van der Waals surface area contributed by atoms with E-state index in [4.69, 9.17) is 4.74 Å². The Hall–Kier alpha value is -0.570. The number of rotatable bonds is 25. The highest BCUT2D eigenvalue weighted by atomic mass is 16.5. The molecule has 0 bridgehead atoms. The van der Waals surface area contributed by atoms with Gasteiger partial charge in [0.2, 0.25) is 0 Å². The molecule has 186 valence electrons. The summed E-state index contributed by atoms with van der Waals surface area (Å²) in [6.07, 6.45) is 26.8. The third-order valence-electron chi connectivity index (χ3n) is 6.55. The molecule has 0 aromatic carbocycles. The van der Waals surface area contributed by atoms with Crippen molar-refractivity contribution in [3.63, 3.8) is 0 Å². The van der Waals surface area contributed by atoms with Crippen molar-refractivity contribution in [3.05, 3.63) is 0 Å². The minimum absolute atomic E-state index is 0.0147. The van der Waals surface area contributed by atoms with Crippen molar-refractivity contribution in [2.45, 2.75) is 149 Å². The maximum atomic E-state index is 11.7. The molecule has 0 rings (SSSR count). The van der Waals surface area contributed by atoms with E-state index < -0.39 is 0 Å². The first-order valence-electron chi connectivity index (χ1n) is 14.1. The predicted molar refractivity (Wildman–Crippen MR) is 137 cm³/mol. The number of hydrogen-bond acceptors (Lipinski definition) is 3. The monoisotopic (exact) mass is 439 g/mol. The van der Waals surface area contributed by atoms with E-state index in [1.54, 1.807) is 0 Å². The summed E-state index contributed by atoms with van der Waals surface area (Å²) in [6.45, 7) is 10.0. The Morgan fingerprint density at radius 2 is 0.903 bits per heavy atom. The minimum atomic E-state index is -0.0147. The highest BCUT2D eigenvalue weighted by molar-refractivity contribution is 5.69. The van der Waals surface area contributed by atoms with Gasteiger partial charge in [0.05, 0.1) is 0 Å². The highest BCUT2D eigenvalue weighted by Gasteiger charge is 2.04. The van der Waals surface area contributed by atoms with Crippen LogP contribution in [0.2, 0.25) is 0 Å². The quantitative estimate of drug-likeness (QED) is 0.105. The van der Waals surface area contributed by atoms with Crippen molar-refractivity contribution in [1.82, 2.24) is 4.90 Å². The number of nitrogens with zero attached hydrogens (tertiary/aromatic N) is 1. The number of ether oxygens (including phenoxy) is 1. The van der Waals surface area contributed by atoms with Gasteiger partial charge in [0, 0.05) is 13.0 Å². The van der Waals surface area contributed by atoms with Crippen LogP contribution in [0.1, 0.15) is 149 Å². The molecule has 0 atom stereocenters. The van der Waals surface area contributed by atoms with Crippen LogP contribution in [-0.2, 0) is 9.53 Å². The molecule has 0 heterocycles. The summed E-state index contributed by atoms with van der Waals surface area (Å²) in [7, 11) is 0. The molecule has 0 spiro atoms. The molecular weight excluding hydrogens is 382 g/mol. The number of carbonyl (C=O) groups is 1. The van der Waals surface area contributed by atoms with Crippen LogP contribution in [0.4, 0.5) is 0 Å². The van der Waals surface area contributed by atoms with Crippen LogP contribution in [0, 0.1) is 0 Å². The zero-order chi connectivity index (χ0) is 22.8. The van der Waals surface area contributed by atoms with E-state index in [0.717, 1.165) is 26.1 Å². The number of esters is 1. The van der Waals surface area contributed by atoms with Gasteiger partial charge in [-0.3, -0.25) is 4.79 Å². The first kappa shape index (κ1) is 30.4. The summed E-state index contributed by atoms with van der Waals surface area (Å²) >= 11 is 0. The Balaban J connectivity index is 3.16. The van der Waals surface area contributed by atoms with Crippen molar-refractivity contribution < 1.29 is 9.53 Å². The van der Waals surface area contributed by atoms with Gasteiger partial charge in [0.15, 0.2) is 0 Å². The second-order valence-electron chi connectivity index (χ2n) is 9.36. The Bertz CT molecular complexity index is 355. The van der Waals surface area contributed by atoms with Crippen LogP contribution in [-0.4, -0.2) is 37.1 Å². The summed E-state index contributed by atoms with van der Waals surface area (Å²) in [5, 5.41) is 0. The van der Waals surface area contributed by atoms with Crippen LogP contribution >= 0.6 is 0 Å². The van der Waals surface area contributed by atoms with Crippen LogP contribution in [0.25, 0.3) is 0 Å². The summed E-state index contributed by atoms with van der Waals surface area (Å²) in [4.78, 5) is 14.0. The molecule has 3 nitrogen and oxygen atoms in total. The molecule has 0 aliphatic rings. The summed E-state index contributed by atoms with van der Waals surface area (Å²) in [5.41, 5.74) is 0. The third-order valence-corrected chi connectivity index (χ3v) is 6.55. The van der Waals surface area contributed by atoms with Crippen molar-refractivity contribution in [3.8, 4) is 0 Å². The molecule has 0 aliphatic heterocycles. The summed E-state index contributed by atoms with van der Waals surface area (Å²) in [6, 6.07) is 0. The van der Waals surface area contributed by atoms with E-state index in [2.05, 4.69) is 25.7 Å². The standard InChI is InChI=1S/C28H57NO2/c1-4-7-8-9-10-11-12-13-14-15-16-17-18-19-20-21-22-23-24-25-28(30)31-27-26-29(5-2)6-3/h4-27H2,1-3H3. The van der Waals surface area contributed by atoms with E-state index in [0.29, 0.717) is 13.0 Å². The number of unbranched alkanes of at least 4 members (excludes halogenated alkanes) is 18. The molecule has 0 saturated carbocycles. The van der Waals surface area contributed by atoms with Crippen LogP contribution in [0.15, 0.2) is 0 Å². The molecule has 0 aliphatic carbocycles. The molecule has 0 saturated heterocycles. The lowest BCUT2D eigenvalue weighted by molar-refractivity contribution is -0.144. The predicted octanol–water partition coefficient (Wildman–Crippen LogP) is 8.69. The third kappa shape index (κ3) is 23.9. The van der Waals surface area contributed by atoms with E-state index in [1.807, 2.05) is 0 Å². The summed E-state index contributed by atoms with van der Waals surface area (Å²) in [5.74, 6) is -0.0147. The highest BCUT2D eigenvalue weighted by Crippen LogP contribution is 2.14. The van der Waals surface area contributed by atoms with E-state index in [1.165, 1.54) is 116 Å². The Labute approximate surface area is 196 Å². The maximum Gasteiger partial charge on any atom is 0.305 e. The average molecular weight is 440 g/mol. The second kappa shape index (κ2) is 25.7. The molecule has 31 heavy (non-hydrogen) atoms. The van der Waals surface area contributed by atoms with Crippen molar-refractivity contribution in [2.24, 2.45) is 0 Å². The Kier molecular flexibility index (Phi) is 25.2. The van der Waals surface area contributed by atoms with Crippen LogP contribution in [0.5, 0.6) is 0 Å². The van der Waals surface area contributed by atoms with Crippen LogP contribution in [0.3, 0.4) is 0 Å². The molecule has 0 amide bonds. The van der Waals surface area contributed by atoms with Gasteiger partial charge in [-0.05, 0) is 19.5 Å². The van der Waals surface area contributed by atoms with Gasteiger partial charge in [-0.2, -0.15) is 0 Å². The number of carbonyl (C=O) groups excluding carboxylic acids is 1. The number of hydrogen-bond donors (Lipinski definition) is 0. The minimum Gasteiger partial charge on any atom is -0.464 e. The van der Waals surface area contributed by atoms with Crippen molar-refractivity contribution >= 4 is 5.97 Å². The molecule has 0 N–H and O–H groups in total. The lowest BCUT2D eigenvalue weighted by Crippen LogP contribution is -2.27. The molecule has 0 radical (unpaired) electrons. The Morgan fingerprint density at radius 3 is 1.26 bits per heavy atom. The lowest BCUT2D eigenvalue weighted by atomic mass is 10.0. The smallest absolute Gasteiger partial charge is 0.305 e. The first-order chi connectivity index (χ1) is 15.2. The van der Waals surface area contributed by atoms with Crippen molar-refractivity contribution in [2.75, 3.05) is 26.2 Å². The Morgan fingerprint density at radius 1 is 0.548 bits per heavy atom. The fourth-order valence-corrected chi connectivity index (χ4v) is 4.25. The van der Waals surface area contributed by atoms with E-state index in [9.17, 15) is 4.79 Å². The van der Waals surface area contributed by atoms with E-state index >= 15 is 0 Å². The van der Waals surface area contributed by atoms with Crippen molar-refractivity contribution in [1.29, 1.82) is 0 Å². The van der Waals surface area contributed by atoms with Gasteiger partial charge >= 0.3 is 5.97 Å². The molecule has 0 aromatic heterocycles. The largest absolute Gasteiger partial charge is 0.464 e. The lowest BCUT2D eigenvalue weighted by Gasteiger charge is -2.17. The fraction of sp³-hybridized carbons (Fsp3) is 0.964. The fourth-order valence-electron chi connectivity index (χ4n) is 4.25. The first-order valence-corrected chi connectivity index (χ1v) is 14.1. The van der Waals surface area contributed by atoms with Gasteiger partial charge < -0.3 is 9.64 Å². The van der Waals surface area contributed by atoms with Gasteiger partial charge in [-0.25, -0.2) is 0 Å². The van der Waals surface area contributed by atoms with Gasteiger partial charge in [-0.1, -0.05) is 136 Å². The molecule has 0 aromatic rings. The summed E-state index contributed by atoms with van der Waals surface area (Å²) < 4.78 is 5.33. The topological polar surface area (TPSA) is 29.5 Å². The van der Waals surface area contributed by atoms with E-state index in [-0.39, 0.29) is 5.97 Å². The van der Waals surface area contributed by atoms with Gasteiger partial charge in [0.1, 0.15) is 6.61 Å². The van der Waals surface area contributed by atoms with Gasteiger partial charge in [0.25, 0.3) is 0 Å². The molecule has 0 unspecified atom stereocenters.